The molecule has 0 aliphatic carbocycles. The van der Waals surface area contributed by atoms with Crippen LogP contribution in [0.25, 0.3) is 0 Å². The number of para-hydroxylation sites is 1. The van der Waals surface area contributed by atoms with Crippen LogP contribution in [0.2, 0.25) is 0 Å². The van der Waals surface area contributed by atoms with Crippen LogP contribution in [0.15, 0.2) is 30.3 Å². The van der Waals surface area contributed by atoms with E-state index in [1.54, 1.807) is 0 Å². The minimum Gasteiger partial charge on any atom is -0.453 e. The summed E-state index contributed by atoms with van der Waals surface area (Å²) in [5.74, 6) is 0.570. The first-order chi connectivity index (χ1) is 11.7. The molecule has 1 aromatic carbocycles. The Morgan fingerprint density at radius 2 is 1.96 bits per heavy atom. The molecule has 0 bridgehead atoms. The molecule has 0 radical (unpaired) electrons. The number of methoxy groups -OCH3 is 1. The molecular formula is C19H29N3O2. The van der Waals surface area contributed by atoms with Crippen LogP contribution in [0.5, 0.6) is 0 Å². The molecule has 24 heavy (non-hydrogen) atoms. The van der Waals surface area contributed by atoms with E-state index in [0.29, 0.717) is 5.92 Å². The van der Waals surface area contributed by atoms with Crippen LogP contribution >= 0.6 is 0 Å². The van der Waals surface area contributed by atoms with Gasteiger partial charge in [-0.25, -0.2) is 4.79 Å². The van der Waals surface area contributed by atoms with Crippen molar-refractivity contribution in [3.05, 3.63) is 30.3 Å². The van der Waals surface area contributed by atoms with Crippen molar-refractivity contribution in [2.45, 2.75) is 44.2 Å². The molecule has 5 heteroatoms. The molecule has 2 aliphatic rings. The van der Waals surface area contributed by atoms with Gasteiger partial charge in [0.15, 0.2) is 0 Å². The lowest BCUT2D eigenvalue weighted by molar-refractivity contribution is 0.0717. The lowest BCUT2D eigenvalue weighted by Crippen LogP contribution is -2.55. The Balaban J connectivity index is 1.66. The second-order valence-electron chi connectivity index (χ2n) is 7.06. The predicted molar refractivity (Wildman–Crippen MR) is 96.1 cm³/mol. The molecule has 2 heterocycles. The fourth-order valence-corrected chi connectivity index (χ4v) is 4.20. The molecule has 132 valence electrons. The van der Waals surface area contributed by atoms with E-state index in [9.17, 15) is 4.79 Å². The van der Waals surface area contributed by atoms with Gasteiger partial charge in [-0.1, -0.05) is 18.2 Å². The fourth-order valence-electron chi connectivity index (χ4n) is 4.20. The van der Waals surface area contributed by atoms with Gasteiger partial charge in [0.1, 0.15) is 0 Å². The highest BCUT2D eigenvalue weighted by Crippen LogP contribution is 2.29. The van der Waals surface area contributed by atoms with Crippen molar-refractivity contribution in [1.82, 2.24) is 4.90 Å². The van der Waals surface area contributed by atoms with Crippen molar-refractivity contribution >= 4 is 11.8 Å². The summed E-state index contributed by atoms with van der Waals surface area (Å²) in [5.41, 5.74) is 7.65. The van der Waals surface area contributed by atoms with Gasteiger partial charge >= 0.3 is 6.09 Å². The molecular weight excluding hydrogens is 302 g/mol. The molecule has 2 N–H and O–H groups in total. The van der Waals surface area contributed by atoms with Gasteiger partial charge in [-0.05, 0) is 50.2 Å². The zero-order valence-electron chi connectivity index (χ0n) is 14.6. The summed E-state index contributed by atoms with van der Waals surface area (Å²) >= 11 is 0. The molecule has 0 saturated carbocycles. The van der Waals surface area contributed by atoms with Gasteiger partial charge in [-0.15, -0.1) is 0 Å². The van der Waals surface area contributed by atoms with Crippen molar-refractivity contribution < 1.29 is 9.53 Å². The number of rotatable bonds is 3. The van der Waals surface area contributed by atoms with Crippen molar-refractivity contribution in [2.75, 3.05) is 31.6 Å². The SMILES string of the molecule is COC(=O)N1CCCC(N)C1CC1CCCN(c2ccccc2)C1. The van der Waals surface area contributed by atoms with Crippen molar-refractivity contribution in [1.29, 1.82) is 0 Å². The van der Waals surface area contributed by atoms with E-state index in [1.807, 2.05) is 4.90 Å². The average molecular weight is 331 g/mol. The Morgan fingerprint density at radius 1 is 1.21 bits per heavy atom. The molecule has 0 spiro atoms. The van der Waals surface area contributed by atoms with E-state index < -0.39 is 0 Å². The van der Waals surface area contributed by atoms with Gasteiger partial charge in [0.05, 0.1) is 13.2 Å². The topological polar surface area (TPSA) is 58.8 Å². The number of anilines is 1. The highest BCUT2D eigenvalue weighted by Gasteiger charge is 2.35. The summed E-state index contributed by atoms with van der Waals surface area (Å²) in [5, 5.41) is 0. The quantitative estimate of drug-likeness (QED) is 0.925. The Kier molecular flexibility index (Phi) is 5.61. The molecule has 2 aliphatic heterocycles. The summed E-state index contributed by atoms with van der Waals surface area (Å²) in [7, 11) is 1.46. The minimum absolute atomic E-state index is 0.0601. The van der Waals surface area contributed by atoms with E-state index in [2.05, 4.69) is 35.2 Å². The number of carbonyl (C=O) groups excluding carboxylic acids is 1. The summed E-state index contributed by atoms with van der Waals surface area (Å²) in [6, 6.07) is 10.8. The maximum atomic E-state index is 12.1. The Hall–Kier alpha value is -1.75. The second-order valence-corrected chi connectivity index (χ2v) is 7.06. The highest BCUT2D eigenvalue weighted by molar-refractivity contribution is 5.68. The lowest BCUT2D eigenvalue weighted by Gasteiger charge is -2.42. The molecule has 1 amide bonds. The van der Waals surface area contributed by atoms with E-state index >= 15 is 0 Å². The molecule has 2 saturated heterocycles. The second kappa shape index (κ2) is 7.88. The smallest absolute Gasteiger partial charge is 0.409 e. The van der Waals surface area contributed by atoms with Crippen LogP contribution in [-0.2, 0) is 4.74 Å². The first-order valence-electron chi connectivity index (χ1n) is 9.09. The summed E-state index contributed by atoms with van der Waals surface area (Å²) in [6.45, 7) is 2.92. The summed E-state index contributed by atoms with van der Waals surface area (Å²) in [6.07, 6.45) is 5.10. The van der Waals surface area contributed by atoms with E-state index in [4.69, 9.17) is 10.5 Å². The molecule has 2 fully saturated rings. The number of ether oxygens (including phenoxy) is 1. The predicted octanol–water partition coefficient (Wildman–Crippen LogP) is 2.85. The van der Waals surface area contributed by atoms with Gasteiger partial charge in [0.25, 0.3) is 0 Å². The van der Waals surface area contributed by atoms with Crippen LogP contribution in [0.4, 0.5) is 10.5 Å². The zero-order valence-corrected chi connectivity index (χ0v) is 14.6. The first-order valence-corrected chi connectivity index (χ1v) is 9.09. The molecule has 3 atom stereocenters. The third kappa shape index (κ3) is 3.83. The van der Waals surface area contributed by atoms with Crippen LogP contribution in [-0.4, -0.2) is 49.8 Å². The normalized spacial score (nSPS) is 27.8. The monoisotopic (exact) mass is 331 g/mol. The van der Waals surface area contributed by atoms with Crippen LogP contribution in [0.3, 0.4) is 0 Å². The summed E-state index contributed by atoms with van der Waals surface area (Å²) < 4.78 is 4.97. The van der Waals surface area contributed by atoms with Gasteiger partial charge in [0, 0.05) is 31.4 Å². The number of amides is 1. The van der Waals surface area contributed by atoms with E-state index in [0.717, 1.165) is 38.9 Å². The number of benzene rings is 1. The zero-order chi connectivity index (χ0) is 16.9. The third-order valence-electron chi connectivity index (χ3n) is 5.46. The molecule has 5 nitrogen and oxygen atoms in total. The minimum atomic E-state index is -0.231. The number of nitrogens with two attached hydrogens (primary N) is 1. The average Bonchev–Trinajstić information content (AvgIpc) is 2.64. The highest BCUT2D eigenvalue weighted by atomic mass is 16.5. The number of hydrogen-bond acceptors (Lipinski definition) is 4. The molecule has 3 rings (SSSR count). The standard InChI is InChI=1S/C19H29N3O2/c1-24-19(23)22-12-6-10-17(20)18(22)13-15-7-5-11-21(14-15)16-8-3-2-4-9-16/h2-4,8-9,15,17-18H,5-7,10-14,20H2,1H3. The van der Waals surface area contributed by atoms with Crippen LogP contribution in [0.1, 0.15) is 32.1 Å². The van der Waals surface area contributed by atoms with E-state index in [-0.39, 0.29) is 18.2 Å². The van der Waals surface area contributed by atoms with Crippen molar-refractivity contribution in [3.8, 4) is 0 Å². The van der Waals surface area contributed by atoms with Gasteiger partial charge in [0.2, 0.25) is 0 Å². The lowest BCUT2D eigenvalue weighted by atomic mass is 9.85. The van der Waals surface area contributed by atoms with Gasteiger partial charge < -0.3 is 20.3 Å². The number of nitrogens with zero attached hydrogens (tertiary/aromatic N) is 2. The van der Waals surface area contributed by atoms with Gasteiger partial charge in [-0.2, -0.15) is 0 Å². The van der Waals surface area contributed by atoms with Crippen molar-refractivity contribution in [3.63, 3.8) is 0 Å². The Labute approximate surface area is 144 Å². The maximum Gasteiger partial charge on any atom is 0.409 e. The number of likely N-dealkylation sites (tertiary alicyclic amines) is 1. The number of carbonyl (C=O) groups is 1. The fraction of sp³-hybridized carbons (Fsp3) is 0.632. The molecule has 1 aromatic rings. The van der Waals surface area contributed by atoms with Crippen LogP contribution in [0, 0.1) is 5.92 Å². The largest absolute Gasteiger partial charge is 0.453 e. The van der Waals surface area contributed by atoms with Crippen LogP contribution < -0.4 is 10.6 Å². The number of piperidine rings is 2. The Morgan fingerprint density at radius 3 is 2.71 bits per heavy atom. The Bertz CT molecular complexity index is 537. The third-order valence-corrected chi connectivity index (χ3v) is 5.46. The number of hydrogen-bond donors (Lipinski definition) is 1. The summed E-state index contributed by atoms with van der Waals surface area (Å²) in [4.78, 5) is 16.4. The van der Waals surface area contributed by atoms with Crippen molar-refractivity contribution in [2.24, 2.45) is 11.7 Å². The maximum absolute atomic E-state index is 12.1. The van der Waals surface area contributed by atoms with E-state index in [1.165, 1.54) is 25.6 Å². The molecule has 3 unspecified atom stereocenters. The van der Waals surface area contributed by atoms with Gasteiger partial charge in [-0.3, -0.25) is 0 Å². The molecule has 0 aromatic heterocycles. The first kappa shape index (κ1) is 17.1.